The van der Waals surface area contributed by atoms with Gasteiger partial charge in [-0.2, -0.15) is 0 Å². The zero-order valence-electron chi connectivity index (χ0n) is 8.85. The molecule has 0 spiro atoms. The largest absolute Gasteiger partial charge is 0.303 e. The molecule has 0 aromatic carbocycles. The molecule has 1 unspecified atom stereocenters. The molecular formula is C10H19Cl2N. The lowest BCUT2D eigenvalue weighted by Crippen LogP contribution is -2.51. The fourth-order valence-corrected chi connectivity index (χ4v) is 2.54. The van der Waals surface area contributed by atoms with Gasteiger partial charge in [-0.25, -0.2) is 0 Å². The Morgan fingerprint density at radius 1 is 1.38 bits per heavy atom. The van der Waals surface area contributed by atoms with Gasteiger partial charge in [0.2, 0.25) is 0 Å². The molecule has 0 aromatic rings. The van der Waals surface area contributed by atoms with Crippen LogP contribution in [0.1, 0.15) is 27.2 Å². The number of alkyl halides is 2. The minimum Gasteiger partial charge on any atom is -0.303 e. The molecule has 0 bridgehead atoms. The van der Waals surface area contributed by atoms with E-state index < -0.39 is 4.33 Å². The van der Waals surface area contributed by atoms with Crippen LogP contribution in [0.4, 0.5) is 0 Å². The van der Waals surface area contributed by atoms with E-state index in [1.165, 1.54) is 0 Å². The zero-order valence-corrected chi connectivity index (χ0v) is 10.4. The van der Waals surface area contributed by atoms with Crippen LogP contribution in [-0.4, -0.2) is 28.9 Å². The molecule has 0 aliphatic carbocycles. The first-order chi connectivity index (χ1) is 5.84. The summed E-state index contributed by atoms with van der Waals surface area (Å²) >= 11 is 12.5. The first-order valence-electron chi connectivity index (χ1n) is 4.92. The molecule has 3 heteroatoms. The van der Waals surface area contributed by atoms with E-state index in [4.69, 9.17) is 23.2 Å². The number of halogens is 2. The highest BCUT2D eigenvalue weighted by Gasteiger charge is 2.41. The van der Waals surface area contributed by atoms with Crippen molar-refractivity contribution in [2.75, 3.05) is 13.6 Å². The summed E-state index contributed by atoms with van der Waals surface area (Å²) in [5.74, 6) is 0.977. The maximum Gasteiger partial charge on any atom is 0.123 e. The fraction of sp³-hybridized carbons (Fsp3) is 1.00. The molecule has 0 radical (unpaired) electrons. The molecule has 1 saturated heterocycles. The van der Waals surface area contributed by atoms with Crippen LogP contribution >= 0.6 is 23.2 Å². The summed E-state index contributed by atoms with van der Waals surface area (Å²) in [4.78, 5) is 2.37. The summed E-state index contributed by atoms with van der Waals surface area (Å²) in [6, 6.07) is 0.520. The van der Waals surface area contributed by atoms with Crippen LogP contribution in [0.2, 0.25) is 0 Å². The van der Waals surface area contributed by atoms with Gasteiger partial charge < -0.3 is 4.90 Å². The minimum atomic E-state index is -0.526. The van der Waals surface area contributed by atoms with E-state index in [1.807, 2.05) is 0 Å². The van der Waals surface area contributed by atoms with Gasteiger partial charge in [0.25, 0.3) is 0 Å². The van der Waals surface area contributed by atoms with Gasteiger partial charge in [0.15, 0.2) is 0 Å². The topological polar surface area (TPSA) is 3.24 Å². The molecule has 0 N–H and O–H groups in total. The molecule has 1 nitrogen and oxygen atoms in total. The van der Waals surface area contributed by atoms with E-state index in [-0.39, 0.29) is 0 Å². The van der Waals surface area contributed by atoms with Crippen molar-refractivity contribution >= 4 is 23.2 Å². The predicted octanol–water partition coefficient (Wildman–Crippen LogP) is 3.16. The van der Waals surface area contributed by atoms with Gasteiger partial charge in [-0.1, -0.05) is 20.8 Å². The Labute approximate surface area is 91.4 Å². The van der Waals surface area contributed by atoms with E-state index in [2.05, 4.69) is 32.7 Å². The third-order valence-corrected chi connectivity index (χ3v) is 4.15. The molecule has 13 heavy (non-hydrogen) atoms. The van der Waals surface area contributed by atoms with Gasteiger partial charge >= 0.3 is 0 Å². The highest BCUT2D eigenvalue weighted by molar-refractivity contribution is 6.48. The van der Waals surface area contributed by atoms with Gasteiger partial charge in [0.1, 0.15) is 4.33 Å². The molecule has 1 heterocycles. The monoisotopic (exact) mass is 223 g/mol. The van der Waals surface area contributed by atoms with Crippen LogP contribution in [0.25, 0.3) is 0 Å². The van der Waals surface area contributed by atoms with Crippen LogP contribution in [0.5, 0.6) is 0 Å². The number of hydrogen-bond acceptors (Lipinski definition) is 1. The van der Waals surface area contributed by atoms with Crippen LogP contribution < -0.4 is 0 Å². The highest BCUT2D eigenvalue weighted by atomic mass is 35.5. The Morgan fingerprint density at radius 3 is 2.38 bits per heavy atom. The third-order valence-electron chi connectivity index (χ3n) is 3.10. The molecule has 0 saturated carbocycles. The molecule has 78 valence electrons. The van der Waals surface area contributed by atoms with E-state index in [1.54, 1.807) is 0 Å². The van der Waals surface area contributed by atoms with Crippen LogP contribution in [0.3, 0.4) is 0 Å². The van der Waals surface area contributed by atoms with E-state index in [0.717, 1.165) is 13.0 Å². The molecular weight excluding hydrogens is 205 g/mol. The number of hydrogen-bond donors (Lipinski definition) is 0. The molecule has 1 rings (SSSR count). The van der Waals surface area contributed by atoms with Crippen molar-refractivity contribution in [2.24, 2.45) is 11.8 Å². The first-order valence-corrected chi connectivity index (χ1v) is 5.68. The molecule has 2 atom stereocenters. The average molecular weight is 224 g/mol. The van der Waals surface area contributed by atoms with Gasteiger partial charge in [0.05, 0.1) is 0 Å². The third kappa shape index (κ3) is 2.51. The Hall–Kier alpha value is 0.540. The number of rotatable bonds is 1. The second-order valence-electron chi connectivity index (χ2n) is 4.62. The summed E-state index contributed by atoms with van der Waals surface area (Å²) in [6.45, 7) is 7.56. The summed E-state index contributed by atoms with van der Waals surface area (Å²) in [7, 11) is 2.16. The Bertz CT molecular complexity index is 180. The van der Waals surface area contributed by atoms with Crippen molar-refractivity contribution in [3.8, 4) is 0 Å². The standard InChI is InChI=1S/C10H19Cl2N/c1-7(2)9-5-10(11,12)8(3)6-13(9)4/h7-9H,5-6H2,1-4H3/t8?,9-/m0/s1. The van der Waals surface area contributed by atoms with E-state index in [0.29, 0.717) is 17.9 Å². The van der Waals surface area contributed by atoms with Crippen molar-refractivity contribution in [3.63, 3.8) is 0 Å². The normalized spacial score (nSPS) is 35.3. The lowest BCUT2D eigenvalue weighted by Gasteiger charge is -2.44. The van der Waals surface area contributed by atoms with Gasteiger partial charge in [-0.3, -0.25) is 0 Å². The van der Waals surface area contributed by atoms with E-state index >= 15 is 0 Å². The van der Waals surface area contributed by atoms with Crippen molar-refractivity contribution in [1.29, 1.82) is 0 Å². The zero-order chi connectivity index (χ0) is 10.2. The lowest BCUT2D eigenvalue weighted by atomic mass is 9.88. The second kappa shape index (κ2) is 3.96. The number of piperidine rings is 1. The van der Waals surface area contributed by atoms with Crippen molar-refractivity contribution in [3.05, 3.63) is 0 Å². The SMILES string of the molecule is CC(C)[C@@H]1CC(Cl)(Cl)C(C)CN1C. The smallest absolute Gasteiger partial charge is 0.123 e. The van der Waals surface area contributed by atoms with Crippen LogP contribution in [-0.2, 0) is 0 Å². The predicted molar refractivity (Wildman–Crippen MR) is 59.5 cm³/mol. The first kappa shape index (κ1) is 11.6. The summed E-state index contributed by atoms with van der Waals surface area (Å²) in [5.41, 5.74) is 0. The molecule has 0 amide bonds. The van der Waals surface area contributed by atoms with Gasteiger partial charge in [-0.05, 0) is 19.4 Å². The highest BCUT2D eigenvalue weighted by Crippen LogP contribution is 2.41. The Morgan fingerprint density at radius 2 is 1.92 bits per heavy atom. The quantitative estimate of drug-likeness (QED) is 0.618. The summed E-state index contributed by atoms with van der Waals surface area (Å²) in [6.07, 6.45) is 0.880. The fourth-order valence-electron chi connectivity index (χ4n) is 2.08. The van der Waals surface area contributed by atoms with E-state index in [9.17, 15) is 0 Å². The average Bonchev–Trinajstić information content (AvgIpc) is 1.97. The Kier molecular flexibility index (Phi) is 3.54. The molecule has 1 aliphatic heterocycles. The van der Waals surface area contributed by atoms with Crippen molar-refractivity contribution in [1.82, 2.24) is 4.90 Å². The van der Waals surface area contributed by atoms with Gasteiger partial charge in [-0.15, -0.1) is 23.2 Å². The number of likely N-dealkylation sites (tertiary alicyclic amines) is 1. The lowest BCUT2D eigenvalue weighted by molar-refractivity contribution is 0.104. The van der Waals surface area contributed by atoms with Crippen LogP contribution in [0, 0.1) is 11.8 Å². The Balaban J connectivity index is 2.70. The summed E-state index contributed by atoms with van der Waals surface area (Å²) in [5, 5.41) is 0. The number of nitrogens with zero attached hydrogens (tertiary/aromatic N) is 1. The molecule has 1 aliphatic rings. The van der Waals surface area contributed by atoms with Gasteiger partial charge in [0, 0.05) is 18.5 Å². The maximum atomic E-state index is 6.27. The molecule has 0 aromatic heterocycles. The second-order valence-corrected chi connectivity index (χ2v) is 6.16. The summed E-state index contributed by atoms with van der Waals surface area (Å²) < 4.78 is -0.526. The van der Waals surface area contributed by atoms with Crippen molar-refractivity contribution in [2.45, 2.75) is 37.6 Å². The van der Waals surface area contributed by atoms with Crippen LogP contribution in [0.15, 0.2) is 0 Å². The maximum absolute atomic E-state index is 6.27. The van der Waals surface area contributed by atoms with Crippen molar-refractivity contribution < 1.29 is 0 Å². The minimum absolute atomic E-state index is 0.357. The molecule has 1 fully saturated rings.